The van der Waals surface area contributed by atoms with E-state index in [1.54, 1.807) is 29.2 Å². The number of likely N-dealkylation sites (tertiary alicyclic amines) is 1. The van der Waals surface area contributed by atoms with Gasteiger partial charge in [0.2, 0.25) is 0 Å². The predicted octanol–water partition coefficient (Wildman–Crippen LogP) is 3.57. The van der Waals surface area contributed by atoms with E-state index in [9.17, 15) is 13.6 Å². The first kappa shape index (κ1) is 17.4. The molecule has 6 heteroatoms. The van der Waals surface area contributed by atoms with Gasteiger partial charge in [-0.1, -0.05) is 6.92 Å². The molecule has 1 aliphatic rings. The van der Waals surface area contributed by atoms with Gasteiger partial charge in [0.15, 0.2) is 11.6 Å². The van der Waals surface area contributed by atoms with Crippen molar-refractivity contribution < 1.29 is 18.3 Å². The van der Waals surface area contributed by atoms with Crippen LogP contribution in [0.15, 0.2) is 42.5 Å². The highest BCUT2D eigenvalue weighted by Crippen LogP contribution is 2.30. The fourth-order valence-corrected chi connectivity index (χ4v) is 2.90. The monoisotopic (exact) mass is 346 g/mol. The minimum atomic E-state index is -0.779. The minimum absolute atomic E-state index is 0.0289. The standard InChI is InChI=1S/C19H20F2N2O2/c1-19(11-22)8-9-23(12-19)18(24)13-2-5-15(6-3-13)25-17-7-4-14(20)10-16(17)21/h2-7,10H,8-9,11-12,22H2,1H3. The first-order chi connectivity index (χ1) is 11.9. The average Bonchev–Trinajstić information content (AvgIpc) is 3.00. The molecular weight excluding hydrogens is 326 g/mol. The molecular formula is C19H20F2N2O2. The number of hydrogen-bond donors (Lipinski definition) is 1. The van der Waals surface area contributed by atoms with E-state index < -0.39 is 11.6 Å². The lowest BCUT2D eigenvalue weighted by molar-refractivity contribution is 0.0777. The largest absolute Gasteiger partial charge is 0.454 e. The molecule has 1 amide bonds. The second-order valence-corrected chi connectivity index (χ2v) is 6.69. The van der Waals surface area contributed by atoms with Gasteiger partial charge < -0.3 is 15.4 Å². The van der Waals surface area contributed by atoms with Crippen LogP contribution in [0.4, 0.5) is 8.78 Å². The SMILES string of the molecule is CC1(CN)CCN(C(=O)c2ccc(Oc3ccc(F)cc3F)cc2)C1. The highest BCUT2D eigenvalue weighted by Gasteiger charge is 2.35. The van der Waals surface area contributed by atoms with Crippen molar-refractivity contribution in [3.63, 3.8) is 0 Å². The lowest BCUT2D eigenvalue weighted by Gasteiger charge is -2.22. The molecule has 2 aromatic carbocycles. The molecule has 1 saturated heterocycles. The van der Waals surface area contributed by atoms with Gasteiger partial charge in [-0.05, 0) is 54.8 Å². The van der Waals surface area contributed by atoms with Gasteiger partial charge in [-0.25, -0.2) is 8.78 Å². The number of carbonyl (C=O) groups is 1. The van der Waals surface area contributed by atoms with Crippen molar-refractivity contribution in [2.24, 2.45) is 11.1 Å². The maximum atomic E-state index is 13.6. The summed E-state index contributed by atoms with van der Waals surface area (Å²) in [6.07, 6.45) is 0.889. The van der Waals surface area contributed by atoms with Gasteiger partial charge in [0.05, 0.1) is 0 Å². The van der Waals surface area contributed by atoms with Gasteiger partial charge >= 0.3 is 0 Å². The summed E-state index contributed by atoms with van der Waals surface area (Å²) in [6.45, 7) is 3.95. The number of rotatable bonds is 4. The van der Waals surface area contributed by atoms with Gasteiger partial charge in [-0.2, -0.15) is 0 Å². The topological polar surface area (TPSA) is 55.6 Å². The normalized spacial score (nSPS) is 19.9. The minimum Gasteiger partial charge on any atom is -0.454 e. The number of amides is 1. The van der Waals surface area contributed by atoms with Crippen molar-refractivity contribution in [3.8, 4) is 11.5 Å². The second-order valence-electron chi connectivity index (χ2n) is 6.69. The van der Waals surface area contributed by atoms with Gasteiger partial charge in [0, 0.05) is 24.7 Å². The number of nitrogens with two attached hydrogens (primary N) is 1. The third-order valence-corrected chi connectivity index (χ3v) is 4.56. The number of halogens is 2. The molecule has 2 aromatic rings. The van der Waals surface area contributed by atoms with Gasteiger partial charge in [-0.3, -0.25) is 4.79 Å². The summed E-state index contributed by atoms with van der Waals surface area (Å²) in [6, 6.07) is 9.56. The van der Waals surface area contributed by atoms with E-state index in [4.69, 9.17) is 10.5 Å². The molecule has 1 aliphatic heterocycles. The first-order valence-electron chi connectivity index (χ1n) is 8.12. The van der Waals surface area contributed by atoms with Crippen LogP contribution in [-0.2, 0) is 0 Å². The van der Waals surface area contributed by atoms with Crippen LogP contribution < -0.4 is 10.5 Å². The fourth-order valence-electron chi connectivity index (χ4n) is 2.90. The van der Waals surface area contributed by atoms with Crippen LogP contribution in [0.1, 0.15) is 23.7 Å². The molecule has 0 aromatic heterocycles. The average molecular weight is 346 g/mol. The molecule has 0 saturated carbocycles. The Morgan fingerprint density at radius 2 is 1.96 bits per heavy atom. The Kier molecular flexibility index (Phi) is 4.72. The molecule has 0 radical (unpaired) electrons. The molecule has 0 aliphatic carbocycles. The smallest absolute Gasteiger partial charge is 0.253 e. The first-order valence-corrected chi connectivity index (χ1v) is 8.12. The predicted molar refractivity (Wildman–Crippen MR) is 90.6 cm³/mol. The van der Waals surface area contributed by atoms with Crippen molar-refractivity contribution in [1.29, 1.82) is 0 Å². The number of nitrogens with zero attached hydrogens (tertiary/aromatic N) is 1. The fraction of sp³-hybridized carbons (Fsp3) is 0.316. The van der Waals surface area contributed by atoms with Gasteiger partial charge in [-0.15, -0.1) is 0 Å². The zero-order valence-corrected chi connectivity index (χ0v) is 14.0. The summed E-state index contributed by atoms with van der Waals surface area (Å²) >= 11 is 0. The quantitative estimate of drug-likeness (QED) is 0.921. The highest BCUT2D eigenvalue weighted by molar-refractivity contribution is 5.94. The Morgan fingerprint density at radius 1 is 1.24 bits per heavy atom. The van der Waals surface area contributed by atoms with Crippen LogP contribution >= 0.6 is 0 Å². The lowest BCUT2D eigenvalue weighted by atomic mass is 9.90. The molecule has 1 atom stereocenters. The van der Waals surface area contributed by atoms with E-state index in [0.29, 0.717) is 30.9 Å². The summed E-state index contributed by atoms with van der Waals surface area (Å²) < 4.78 is 31.9. The Hall–Kier alpha value is -2.47. The van der Waals surface area contributed by atoms with Crippen molar-refractivity contribution in [1.82, 2.24) is 4.90 Å². The van der Waals surface area contributed by atoms with Crippen LogP contribution in [0.5, 0.6) is 11.5 Å². The summed E-state index contributed by atoms with van der Waals surface area (Å²) in [7, 11) is 0. The number of carbonyl (C=O) groups excluding carboxylic acids is 1. The Balaban J connectivity index is 1.69. The summed E-state index contributed by atoms with van der Waals surface area (Å²) in [5, 5.41) is 0. The molecule has 1 heterocycles. The van der Waals surface area contributed by atoms with Crippen LogP contribution in [0.3, 0.4) is 0 Å². The molecule has 1 unspecified atom stereocenters. The molecule has 1 fully saturated rings. The lowest BCUT2D eigenvalue weighted by Crippen LogP contribution is -2.34. The van der Waals surface area contributed by atoms with E-state index >= 15 is 0 Å². The highest BCUT2D eigenvalue weighted by atomic mass is 19.1. The maximum absolute atomic E-state index is 13.6. The molecule has 3 rings (SSSR count). The Labute approximate surface area is 145 Å². The van der Waals surface area contributed by atoms with Crippen molar-refractivity contribution >= 4 is 5.91 Å². The van der Waals surface area contributed by atoms with E-state index in [2.05, 4.69) is 6.92 Å². The second kappa shape index (κ2) is 6.80. The molecule has 2 N–H and O–H groups in total. The zero-order valence-electron chi connectivity index (χ0n) is 14.0. The molecule has 25 heavy (non-hydrogen) atoms. The molecule has 0 bridgehead atoms. The summed E-state index contributed by atoms with van der Waals surface area (Å²) in [5.41, 5.74) is 6.28. The van der Waals surface area contributed by atoms with Crippen LogP contribution in [0.2, 0.25) is 0 Å². The molecule has 0 spiro atoms. The van der Waals surface area contributed by atoms with Gasteiger partial charge in [0.1, 0.15) is 11.6 Å². The van der Waals surface area contributed by atoms with Crippen molar-refractivity contribution in [2.75, 3.05) is 19.6 Å². The number of benzene rings is 2. The zero-order chi connectivity index (χ0) is 18.0. The Bertz CT molecular complexity index is 779. The van der Waals surface area contributed by atoms with Crippen molar-refractivity contribution in [3.05, 3.63) is 59.7 Å². The van der Waals surface area contributed by atoms with Crippen molar-refractivity contribution in [2.45, 2.75) is 13.3 Å². The number of ether oxygens (including phenoxy) is 1. The van der Waals surface area contributed by atoms with Crippen LogP contribution in [0.25, 0.3) is 0 Å². The van der Waals surface area contributed by atoms with E-state index in [1.165, 1.54) is 6.07 Å². The summed E-state index contributed by atoms with van der Waals surface area (Å²) in [4.78, 5) is 14.3. The Morgan fingerprint density at radius 3 is 2.56 bits per heavy atom. The van der Waals surface area contributed by atoms with Crippen LogP contribution in [-0.4, -0.2) is 30.4 Å². The summed E-state index contributed by atoms with van der Waals surface area (Å²) in [5.74, 6) is -1.20. The maximum Gasteiger partial charge on any atom is 0.253 e. The third-order valence-electron chi connectivity index (χ3n) is 4.56. The number of hydrogen-bond acceptors (Lipinski definition) is 3. The van der Waals surface area contributed by atoms with E-state index in [-0.39, 0.29) is 17.1 Å². The van der Waals surface area contributed by atoms with Crippen LogP contribution in [0, 0.1) is 17.0 Å². The van der Waals surface area contributed by atoms with E-state index in [0.717, 1.165) is 18.6 Å². The third kappa shape index (κ3) is 3.79. The molecule has 132 valence electrons. The molecule has 4 nitrogen and oxygen atoms in total. The van der Waals surface area contributed by atoms with E-state index in [1.807, 2.05) is 0 Å². The van der Waals surface area contributed by atoms with Gasteiger partial charge in [0.25, 0.3) is 5.91 Å².